The normalized spacial score (nSPS) is 16.3. The zero-order valence-corrected chi connectivity index (χ0v) is 15.7. The molecule has 0 aromatic heterocycles. The van der Waals surface area contributed by atoms with Gasteiger partial charge in [-0.05, 0) is 23.3 Å². The molecule has 1 N–H and O–H groups in total. The van der Waals surface area contributed by atoms with E-state index in [0.717, 1.165) is 17.3 Å². The number of hydrogen-bond acceptors (Lipinski definition) is 5. The van der Waals surface area contributed by atoms with Crippen molar-refractivity contribution in [2.45, 2.75) is 18.9 Å². The summed E-state index contributed by atoms with van der Waals surface area (Å²) in [6.45, 7) is 0.162. The number of ether oxygens (including phenoxy) is 1. The number of nitrogens with one attached hydrogen (secondary N) is 1. The van der Waals surface area contributed by atoms with Crippen molar-refractivity contribution < 1.29 is 18.7 Å². The molecule has 0 spiro atoms. The molecule has 2 aromatic rings. The van der Waals surface area contributed by atoms with Crippen molar-refractivity contribution in [3.63, 3.8) is 0 Å². The number of nitriles is 1. The Labute approximate surface area is 166 Å². The van der Waals surface area contributed by atoms with Crippen LogP contribution in [0.15, 0.2) is 65.2 Å². The zero-order chi connectivity index (χ0) is 19.9. The lowest BCUT2D eigenvalue weighted by molar-refractivity contribution is -0.141. The number of thioether (sulfide) groups is 1. The molecule has 7 heteroatoms. The number of amides is 1. The molecule has 1 atom stereocenters. The first-order chi connectivity index (χ1) is 13.6. The molecule has 0 saturated heterocycles. The minimum Gasteiger partial charge on any atom is -0.460 e. The number of rotatable bonds is 6. The van der Waals surface area contributed by atoms with Crippen LogP contribution in [0.4, 0.5) is 4.39 Å². The van der Waals surface area contributed by atoms with Crippen molar-refractivity contribution >= 4 is 23.6 Å². The second-order valence-electron chi connectivity index (χ2n) is 6.15. The van der Waals surface area contributed by atoms with Gasteiger partial charge in [-0.3, -0.25) is 9.59 Å². The summed E-state index contributed by atoms with van der Waals surface area (Å²) in [4.78, 5) is 24.1. The molecular formula is C21H17FN2O3S. The summed E-state index contributed by atoms with van der Waals surface area (Å²) in [5.41, 5.74) is 1.91. The van der Waals surface area contributed by atoms with Gasteiger partial charge in [-0.2, -0.15) is 5.26 Å². The highest BCUT2D eigenvalue weighted by Gasteiger charge is 2.30. The molecule has 3 rings (SSSR count). The number of benzene rings is 2. The van der Waals surface area contributed by atoms with E-state index in [1.165, 1.54) is 12.1 Å². The van der Waals surface area contributed by atoms with Crippen LogP contribution in [0.25, 0.3) is 0 Å². The molecule has 2 aromatic carbocycles. The van der Waals surface area contributed by atoms with Crippen molar-refractivity contribution in [1.29, 1.82) is 5.26 Å². The van der Waals surface area contributed by atoms with Crippen LogP contribution in [-0.2, 0) is 20.9 Å². The maximum atomic E-state index is 13.2. The van der Waals surface area contributed by atoms with E-state index in [0.29, 0.717) is 16.2 Å². The number of halogens is 1. The Morgan fingerprint density at radius 1 is 1.21 bits per heavy atom. The van der Waals surface area contributed by atoms with Gasteiger partial charge in [0.1, 0.15) is 12.4 Å². The van der Waals surface area contributed by atoms with E-state index in [1.807, 2.05) is 30.3 Å². The Bertz CT molecular complexity index is 936. The van der Waals surface area contributed by atoms with Crippen LogP contribution in [0, 0.1) is 17.1 Å². The molecule has 1 amide bonds. The number of allylic oxidation sites excluding steroid dienone is 1. The first kappa shape index (κ1) is 19.6. The zero-order valence-electron chi connectivity index (χ0n) is 14.9. The third-order valence-electron chi connectivity index (χ3n) is 4.21. The second-order valence-corrected chi connectivity index (χ2v) is 7.13. The number of carbonyl (C=O) groups excluding carboxylic acids is 2. The molecule has 0 radical (unpaired) electrons. The lowest BCUT2D eigenvalue weighted by Gasteiger charge is -2.25. The Kier molecular flexibility index (Phi) is 6.45. The quantitative estimate of drug-likeness (QED) is 0.754. The summed E-state index contributed by atoms with van der Waals surface area (Å²) in [7, 11) is 0. The molecule has 1 aliphatic rings. The Morgan fingerprint density at radius 2 is 1.93 bits per heavy atom. The molecule has 0 bridgehead atoms. The third kappa shape index (κ3) is 4.99. The maximum Gasteiger partial charge on any atom is 0.316 e. The van der Waals surface area contributed by atoms with Crippen molar-refractivity contribution in [3.05, 3.63) is 82.1 Å². The summed E-state index contributed by atoms with van der Waals surface area (Å²) in [6, 6.07) is 17.1. The van der Waals surface area contributed by atoms with Gasteiger partial charge in [0.05, 0.1) is 22.4 Å². The van der Waals surface area contributed by atoms with Crippen molar-refractivity contribution in [3.8, 4) is 6.07 Å². The number of nitrogens with zero attached hydrogens (tertiary/aromatic N) is 1. The van der Waals surface area contributed by atoms with E-state index in [1.54, 1.807) is 12.1 Å². The van der Waals surface area contributed by atoms with Crippen LogP contribution >= 0.6 is 11.8 Å². The van der Waals surface area contributed by atoms with Crippen LogP contribution < -0.4 is 5.32 Å². The number of carbonyl (C=O) groups is 2. The molecule has 0 saturated carbocycles. The highest BCUT2D eigenvalue weighted by atomic mass is 32.2. The van der Waals surface area contributed by atoms with Gasteiger partial charge in [-0.25, -0.2) is 4.39 Å². The lowest BCUT2D eigenvalue weighted by atomic mass is 9.87. The third-order valence-corrected chi connectivity index (χ3v) is 5.20. The Hall–Kier alpha value is -3.11. The molecule has 0 aliphatic carbocycles. The van der Waals surface area contributed by atoms with Crippen molar-refractivity contribution in [2.75, 3.05) is 5.75 Å². The van der Waals surface area contributed by atoms with E-state index >= 15 is 0 Å². The largest absolute Gasteiger partial charge is 0.460 e. The molecule has 5 nitrogen and oxygen atoms in total. The standard InChI is InChI=1S/C21H17FN2O3S/c22-16-8-6-15(7-9-16)17-10-19(25)24-21(18(17)11-23)28-13-20(26)27-12-14-4-2-1-3-5-14/h1-9,17H,10,12-13H2,(H,24,25)/t17-/m1/s1. The fourth-order valence-electron chi connectivity index (χ4n) is 2.82. The van der Waals surface area contributed by atoms with Gasteiger partial charge in [0.2, 0.25) is 5.91 Å². The van der Waals surface area contributed by atoms with Gasteiger partial charge in [0.25, 0.3) is 0 Å². The average molecular weight is 396 g/mol. The van der Waals surface area contributed by atoms with E-state index < -0.39 is 11.9 Å². The average Bonchev–Trinajstić information content (AvgIpc) is 2.71. The van der Waals surface area contributed by atoms with Gasteiger partial charge in [-0.15, -0.1) is 0 Å². The SMILES string of the molecule is N#CC1=C(SCC(=O)OCc2ccccc2)NC(=O)C[C@@H]1c1ccc(F)cc1. The van der Waals surface area contributed by atoms with E-state index in [2.05, 4.69) is 11.4 Å². The maximum absolute atomic E-state index is 13.2. The van der Waals surface area contributed by atoms with E-state index in [4.69, 9.17) is 4.74 Å². The molecule has 1 aliphatic heterocycles. The number of esters is 1. The molecule has 142 valence electrons. The van der Waals surface area contributed by atoms with Gasteiger partial charge < -0.3 is 10.1 Å². The Morgan fingerprint density at radius 3 is 2.61 bits per heavy atom. The van der Waals surface area contributed by atoms with Gasteiger partial charge >= 0.3 is 5.97 Å². The van der Waals surface area contributed by atoms with Gasteiger partial charge in [0.15, 0.2) is 0 Å². The van der Waals surface area contributed by atoms with E-state index in [9.17, 15) is 19.2 Å². The smallest absolute Gasteiger partial charge is 0.316 e. The van der Waals surface area contributed by atoms with Gasteiger partial charge in [0, 0.05) is 12.3 Å². The minimum atomic E-state index is -0.470. The predicted octanol–water partition coefficient (Wildman–Crippen LogP) is 3.64. The summed E-state index contributed by atoms with van der Waals surface area (Å²) in [5.74, 6) is -1.60. The molecule has 28 heavy (non-hydrogen) atoms. The van der Waals surface area contributed by atoms with Crippen LogP contribution in [0.1, 0.15) is 23.5 Å². The van der Waals surface area contributed by atoms with Crippen LogP contribution in [0.2, 0.25) is 0 Å². The fraction of sp³-hybridized carbons (Fsp3) is 0.190. The summed E-state index contributed by atoms with van der Waals surface area (Å²) in [5, 5.41) is 12.6. The topological polar surface area (TPSA) is 79.2 Å². The fourth-order valence-corrected chi connectivity index (χ4v) is 3.70. The van der Waals surface area contributed by atoms with Crippen LogP contribution in [-0.4, -0.2) is 17.6 Å². The van der Waals surface area contributed by atoms with Crippen molar-refractivity contribution in [2.24, 2.45) is 0 Å². The van der Waals surface area contributed by atoms with Gasteiger partial charge in [-0.1, -0.05) is 54.2 Å². The molecular weight excluding hydrogens is 379 g/mol. The highest BCUT2D eigenvalue weighted by Crippen LogP contribution is 2.35. The Balaban J connectivity index is 1.68. The summed E-state index contributed by atoms with van der Waals surface area (Å²) in [6.07, 6.45) is 0.0943. The second kappa shape index (κ2) is 9.20. The molecule has 0 unspecified atom stereocenters. The van der Waals surface area contributed by atoms with Crippen molar-refractivity contribution in [1.82, 2.24) is 5.32 Å². The lowest BCUT2D eigenvalue weighted by Crippen LogP contribution is -2.31. The molecule has 0 fully saturated rings. The first-order valence-corrected chi connectivity index (χ1v) is 9.57. The van der Waals surface area contributed by atoms with E-state index in [-0.39, 0.29) is 30.5 Å². The number of hydrogen-bond donors (Lipinski definition) is 1. The predicted molar refractivity (Wildman–Crippen MR) is 103 cm³/mol. The van der Waals surface area contributed by atoms with Crippen LogP contribution in [0.3, 0.4) is 0 Å². The molecule has 1 heterocycles. The van der Waals surface area contributed by atoms with Crippen LogP contribution in [0.5, 0.6) is 0 Å². The highest BCUT2D eigenvalue weighted by molar-refractivity contribution is 8.03. The summed E-state index contributed by atoms with van der Waals surface area (Å²) < 4.78 is 18.4. The summed E-state index contributed by atoms with van der Waals surface area (Å²) >= 11 is 1.06. The first-order valence-electron chi connectivity index (χ1n) is 8.58. The minimum absolute atomic E-state index is 0.0379. The monoisotopic (exact) mass is 396 g/mol.